The first kappa shape index (κ1) is 14.8. The van der Waals surface area contributed by atoms with Crippen LogP contribution in [0.1, 0.15) is 35.6 Å². The molecule has 1 fully saturated rings. The molecule has 1 heterocycles. The molecule has 0 spiro atoms. The first-order valence-corrected chi connectivity index (χ1v) is 7.74. The highest BCUT2D eigenvalue weighted by molar-refractivity contribution is 5.79. The van der Waals surface area contributed by atoms with Gasteiger partial charge in [-0.1, -0.05) is 42.0 Å². The molecular weight excluding hydrogens is 277 g/mol. The van der Waals surface area contributed by atoms with Crippen LogP contribution in [-0.4, -0.2) is 17.4 Å². The van der Waals surface area contributed by atoms with Crippen LogP contribution in [0.5, 0.6) is 0 Å². The van der Waals surface area contributed by atoms with Crippen LogP contribution < -0.4 is 0 Å². The second-order valence-electron chi connectivity index (χ2n) is 5.97. The van der Waals surface area contributed by atoms with Gasteiger partial charge < -0.3 is 4.90 Å². The Kier molecular flexibility index (Phi) is 4.23. The van der Waals surface area contributed by atoms with Gasteiger partial charge in [-0.25, -0.2) is 4.39 Å². The quantitative estimate of drug-likeness (QED) is 0.837. The van der Waals surface area contributed by atoms with E-state index in [1.807, 2.05) is 11.0 Å². The summed E-state index contributed by atoms with van der Waals surface area (Å²) in [6.45, 7) is 2.85. The first-order chi connectivity index (χ1) is 10.6. The number of aryl methyl sites for hydroxylation is 1. The summed E-state index contributed by atoms with van der Waals surface area (Å²) in [6, 6.07) is 14.8. The van der Waals surface area contributed by atoms with Gasteiger partial charge in [-0.3, -0.25) is 4.79 Å². The van der Waals surface area contributed by atoms with E-state index < -0.39 is 0 Å². The van der Waals surface area contributed by atoms with E-state index in [1.54, 1.807) is 12.1 Å². The van der Waals surface area contributed by atoms with Crippen molar-refractivity contribution in [3.05, 3.63) is 71.0 Å². The number of carbonyl (C=O) groups excluding carboxylic acids is 1. The van der Waals surface area contributed by atoms with Gasteiger partial charge in [-0.15, -0.1) is 0 Å². The lowest BCUT2D eigenvalue weighted by Gasteiger charge is -2.25. The first-order valence-electron chi connectivity index (χ1n) is 7.74. The predicted molar refractivity (Wildman–Crippen MR) is 85.0 cm³/mol. The molecule has 0 radical (unpaired) electrons. The number of amides is 1. The Morgan fingerprint density at radius 2 is 2.05 bits per heavy atom. The third kappa shape index (κ3) is 3.19. The summed E-state index contributed by atoms with van der Waals surface area (Å²) in [6.07, 6.45) is 2.28. The molecular formula is C19H20FNO. The topological polar surface area (TPSA) is 20.3 Å². The van der Waals surface area contributed by atoms with E-state index >= 15 is 0 Å². The molecule has 0 saturated carbocycles. The largest absolute Gasteiger partial charge is 0.335 e. The van der Waals surface area contributed by atoms with Gasteiger partial charge in [0.15, 0.2) is 0 Å². The van der Waals surface area contributed by atoms with E-state index in [2.05, 4.69) is 25.1 Å². The maximum atomic E-state index is 13.3. The van der Waals surface area contributed by atoms with Gasteiger partial charge in [0.1, 0.15) is 5.82 Å². The van der Waals surface area contributed by atoms with E-state index in [0.717, 1.165) is 24.9 Å². The summed E-state index contributed by atoms with van der Waals surface area (Å²) in [5, 5.41) is 0. The average molecular weight is 297 g/mol. The highest BCUT2D eigenvalue weighted by atomic mass is 19.1. The van der Waals surface area contributed by atoms with Gasteiger partial charge in [0, 0.05) is 6.54 Å². The second-order valence-corrected chi connectivity index (χ2v) is 5.97. The number of halogens is 1. The number of likely N-dealkylation sites (tertiary alicyclic amines) is 1. The van der Waals surface area contributed by atoms with E-state index in [-0.39, 0.29) is 24.2 Å². The maximum absolute atomic E-state index is 13.3. The molecule has 22 heavy (non-hydrogen) atoms. The van der Waals surface area contributed by atoms with Crippen LogP contribution in [0.25, 0.3) is 0 Å². The summed E-state index contributed by atoms with van der Waals surface area (Å²) in [7, 11) is 0. The zero-order valence-electron chi connectivity index (χ0n) is 12.8. The van der Waals surface area contributed by atoms with Crippen molar-refractivity contribution in [3.63, 3.8) is 0 Å². The number of benzene rings is 2. The number of carbonyl (C=O) groups is 1. The number of nitrogens with zero attached hydrogens (tertiary/aromatic N) is 1. The Labute approximate surface area is 130 Å². The molecule has 1 aliphatic heterocycles. The van der Waals surface area contributed by atoms with Crippen LogP contribution in [0.3, 0.4) is 0 Å². The van der Waals surface area contributed by atoms with Crippen molar-refractivity contribution in [2.75, 3.05) is 6.54 Å². The molecule has 0 aromatic heterocycles. The molecule has 2 aromatic rings. The molecule has 0 N–H and O–H groups in total. The number of hydrogen-bond acceptors (Lipinski definition) is 1. The van der Waals surface area contributed by atoms with Gasteiger partial charge in [-0.05, 0) is 43.0 Å². The molecule has 0 aliphatic carbocycles. The molecule has 1 saturated heterocycles. The molecule has 114 valence electrons. The normalized spacial score (nSPS) is 17.7. The predicted octanol–water partition coefficient (Wildman–Crippen LogP) is 4.04. The minimum absolute atomic E-state index is 0.0783. The Bertz CT molecular complexity index is 683. The highest BCUT2D eigenvalue weighted by Crippen LogP contribution is 2.32. The molecule has 1 aliphatic rings. The number of rotatable bonds is 3. The summed E-state index contributed by atoms with van der Waals surface area (Å²) >= 11 is 0. The van der Waals surface area contributed by atoms with Crippen molar-refractivity contribution in [1.29, 1.82) is 0 Å². The van der Waals surface area contributed by atoms with E-state index in [9.17, 15) is 9.18 Å². The Hall–Kier alpha value is -2.16. The monoisotopic (exact) mass is 297 g/mol. The van der Waals surface area contributed by atoms with Crippen LogP contribution in [-0.2, 0) is 11.2 Å². The third-order valence-corrected chi connectivity index (χ3v) is 4.24. The fourth-order valence-electron chi connectivity index (χ4n) is 3.21. The van der Waals surface area contributed by atoms with Gasteiger partial charge >= 0.3 is 0 Å². The fraction of sp³-hybridized carbons (Fsp3) is 0.316. The molecule has 1 amide bonds. The Morgan fingerprint density at radius 1 is 1.23 bits per heavy atom. The van der Waals surface area contributed by atoms with E-state index in [1.165, 1.54) is 23.3 Å². The molecule has 3 rings (SSSR count). The van der Waals surface area contributed by atoms with Crippen LogP contribution in [0, 0.1) is 12.7 Å². The fourth-order valence-corrected chi connectivity index (χ4v) is 3.21. The lowest BCUT2D eigenvalue weighted by Crippen LogP contribution is -2.31. The van der Waals surface area contributed by atoms with Crippen LogP contribution in [0.2, 0.25) is 0 Å². The Morgan fingerprint density at radius 3 is 2.82 bits per heavy atom. The molecule has 2 aromatic carbocycles. The average Bonchev–Trinajstić information content (AvgIpc) is 2.97. The minimum Gasteiger partial charge on any atom is -0.335 e. The summed E-state index contributed by atoms with van der Waals surface area (Å²) in [4.78, 5) is 14.5. The van der Waals surface area contributed by atoms with Crippen molar-refractivity contribution >= 4 is 5.91 Å². The molecule has 0 bridgehead atoms. The van der Waals surface area contributed by atoms with Gasteiger partial charge in [0.25, 0.3) is 0 Å². The molecule has 2 nitrogen and oxygen atoms in total. The van der Waals surface area contributed by atoms with Crippen molar-refractivity contribution in [3.8, 4) is 0 Å². The molecule has 3 heteroatoms. The van der Waals surface area contributed by atoms with Crippen molar-refractivity contribution in [1.82, 2.24) is 4.90 Å². The van der Waals surface area contributed by atoms with Gasteiger partial charge in [0.2, 0.25) is 5.91 Å². The van der Waals surface area contributed by atoms with Crippen LogP contribution >= 0.6 is 0 Å². The standard InChI is InChI=1S/C19H20FNO/c1-14-5-2-7-16(11-14)18-9-4-10-21(18)19(22)13-15-6-3-8-17(20)12-15/h2-3,5-8,11-12,18H,4,9-10,13H2,1H3. The van der Waals surface area contributed by atoms with Crippen molar-refractivity contribution in [2.45, 2.75) is 32.2 Å². The minimum atomic E-state index is -0.290. The summed E-state index contributed by atoms with van der Waals surface area (Å²) < 4.78 is 13.3. The molecule has 1 atom stereocenters. The summed E-state index contributed by atoms with van der Waals surface area (Å²) in [5.74, 6) is -0.212. The van der Waals surface area contributed by atoms with Crippen molar-refractivity contribution < 1.29 is 9.18 Å². The number of hydrogen-bond donors (Lipinski definition) is 0. The van der Waals surface area contributed by atoms with Crippen LogP contribution in [0.15, 0.2) is 48.5 Å². The van der Waals surface area contributed by atoms with Gasteiger partial charge in [0.05, 0.1) is 12.5 Å². The summed E-state index contributed by atoms with van der Waals surface area (Å²) in [5.41, 5.74) is 3.15. The van der Waals surface area contributed by atoms with Crippen molar-refractivity contribution in [2.24, 2.45) is 0 Å². The van der Waals surface area contributed by atoms with E-state index in [4.69, 9.17) is 0 Å². The second kappa shape index (κ2) is 6.30. The zero-order chi connectivity index (χ0) is 15.5. The zero-order valence-corrected chi connectivity index (χ0v) is 12.8. The third-order valence-electron chi connectivity index (χ3n) is 4.24. The van der Waals surface area contributed by atoms with Crippen LogP contribution in [0.4, 0.5) is 4.39 Å². The van der Waals surface area contributed by atoms with Gasteiger partial charge in [-0.2, -0.15) is 0 Å². The van der Waals surface area contributed by atoms with E-state index in [0.29, 0.717) is 0 Å². The Balaban J connectivity index is 1.76. The smallest absolute Gasteiger partial charge is 0.227 e. The lowest BCUT2D eigenvalue weighted by atomic mass is 10.0. The SMILES string of the molecule is Cc1cccc(C2CCCN2C(=O)Cc2cccc(F)c2)c1. The lowest BCUT2D eigenvalue weighted by molar-refractivity contribution is -0.131. The highest BCUT2D eigenvalue weighted by Gasteiger charge is 2.29. The molecule has 1 unspecified atom stereocenters. The maximum Gasteiger partial charge on any atom is 0.227 e.